The highest BCUT2D eigenvalue weighted by atomic mass is 32.2. The van der Waals surface area contributed by atoms with Crippen LogP contribution < -0.4 is 0 Å². The first-order chi connectivity index (χ1) is 13.1. The molecule has 0 aliphatic carbocycles. The lowest BCUT2D eigenvalue weighted by Crippen LogP contribution is -2.48. The summed E-state index contributed by atoms with van der Waals surface area (Å²) in [5, 5.41) is 0. The highest BCUT2D eigenvalue weighted by molar-refractivity contribution is 7.99. The minimum atomic E-state index is -0.615. The van der Waals surface area contributed by atoms with Crippen molar-refractivity contribution >= 4 is 23.6 Å². The Hall–Kier alpha value is -1.79. The normalized spacial score (nSPS) is 34.4. The van der Waals surface area contributed by atoms with Gasteiger partial charge in [-0.05, 0) is 12.5 Å². The van der Waals surface area contributed by atoms with E-state index in [1.165, 1.54) is 5.56 Å². The SMILES string of the molecule is Cc1cccc(CN2C[C@]34C=C[C@H](O3)[C@@H](C(=O)N3CCSCC3)[C@@H]4C2=O)c1. The van der Waals surface area contributed by atoms with Gasteiger partial charge in [-0.15, -0.1) is 0 Å². The number of fused-ring (bicyclic) bond motifs is 1. The predicted octanol–water partition coefficient (Wildman–Crippen LogP) is 1.85. The topological polar surface area (TPSA) is 49.9 Å². The monoisotopic (exact) mass is 384 g/mol. The molecule has 4 aliphatic rings. The van der Waals surface area contributed by atoms with Gasteiger partial charge < -0.3 is 14.5 Å². The minimum Gasteiger partial charge on any atom is -0.360 e. The first kappa shape index (κ1) is 17.3. The molecule has 6 heteroatoms. The molecular formula is C21H24N2O3S. The van der Waals surface area contributed by atoms with Crippen LogP contribution in [0.1, 0.15) is 11.1 Å². The second-order valence-electron chi connectivity index (χ2n) is 8.02. The van der Waals surface area contributed by atoms with Crippen LogP contribution in [0.25, 0.3) is 0 Å². The van der Waals surface area contributed by atoms with E-state index in [2.05, 4.69) is 19.1 Å². The first-order valence-corrected chi connectivity index (χ1v) is 10.8. The van der Waals surface area contributed by atoms with Crippen molar-refractivity contribution in [3.63, 3.8) is 0 Å². The van der Waals surface area contributed by atoms with Gasteiger partial charge in [-0.2, -0.15) is 11.8 Å². The molecule has 1 aromatic rings. The van der Waals surface area contributed by atoms with Crippen LogP contribution in [0.15, 0.2) is 36.4 Å². The maximum atomic E-state index is 13.3. The Morgan fingerprint density at radius 2 is 2.15 bits per heavy atom. The van der Waals surface area contributed by atoms with Gasteiger partial charge in [0.05, 0.1) is 24.5 Å². The summed E-state index contributed by atoms with van der Waals surface area (Å²) < 4.78 is 6.24. The molecule has 5 rings (SSSR count). The van der Waals surface area contributed by atoms with Crippen molar-refractivity contribution in [2.75, 3.05) is 31.1 Å². The lowest BCUT2D eigenvalue weighted by atomic mass is 9.76. The molecule has 2 amide bonds. The van der Waals surface area contributed by atoms with E-state index in [9.17, 15) is 9.59 Å². The summed E-state index contributed by atoms with van der Waals surface area (Å²) in [6.45, 7) is 4.72. The number of benzene rings is 1. The number of amides is 2. The third-order valence-corrected chi connectivity index (χ3v) is 7.19. The molecule has 4 atom stereocenters. The number of rotatable bonds is 3. The molecule has 2 bridgehead atoms. The van der Waals surface area contributed by atoms with Crippen LogP contribution in [0.2, 0.25) is 0 Å². The summed E-state index contributed by atoms with van der Waals surface area (Å²) in [4.78, 5) is 30.3. The molecule has 4 aliphatic heterocycles. The van der Waals surface area contributed by atoms with Gasteiger partial charge in [-0.3, -0.25) is 9.59 Å². The molecule has 4 heterocycles. The lowest BCUT2D eigenvalue weighted by Gasteiger charge is -2.32. The zero-order valence-corrected chi connectivity index (χ0v) is 16.3. The van der Waals surface area contributed by atoms with E-state index >= 15 is 0 Å². The number of hydrogen-bond acceptors (Lipinski definition) is 4. The average Bonchev–Trinajstić information content (AvgIpc) is 3.30. The predicted molar refractivity (Wildman–Crippen MR) is 104 cm³/mol. The molecule has 1 aromatic carbocycles. The maximum absolute atomic E-state index is 13.3. The molecule has 0 N–H and O–H groups in total. The van der Waals surface area contributed by atoms with E-state index in [0.29, 0.717) is 13.1 Å². The first-order valence-electron chi connectivity index (χ1n) is 9.65. The van der Waals surface area contributed by atoms with Crippen LogP contribution in [-0.2, 0) is 20.9 Å². The van der Waals surface area contributed by atoms with Crippen molar-refractivity contribution in [3.05, 3.63) is 47.5 Å². The van der Waals surface area contributed by atoms with Crippen molar-refractivity contribution in [3.8, 4) is 0 Å². The van der Waals surface area contributed by atoms with Gasteiger partial charge >= 0.3 is 0 Å². The fourth-order valence-electron chi connectivity index (χ4n) is 5.02. The zero-order valence-electron chi connectivity index (χ0n) is 15.5. The Bertz CT molecular complexity index is 819. The maximum Gasteiger partial charge on any atom is 0.230 e. The molecule has 1 spiro atoms. The van der Waals surface area contributed by atoms with Gasteiger partial charge in [0.2, 0.25) is 11.8 Å². The Morgan fingerprint density at radius 3 is 2.93 bits per heavy atom. The number of aryl methyl sites for hydroxylation is 1. The highest BCUT2D eigenvalue weighted by Gasteiger charge is 2.67. The van der Waals surface area contributed by atoms with Crippen LogP contribution in [0, 0.1) is 18.8 Å². The van der Waals surface area contributed by atoms with Gasteiger partial charge in [0.25, 0.3) is 0 Å². The zero-order chi connectivity index (χ0) is 18.6. The Balaban J connectivity index is 1.39. The lowest BCUT2D eigenvalue weighted by molar-refractivity contribution is -0.143. The molecule has 0 radical (unpaired) electrons. The van der Waals surface area contributed by atoms with E-state index in [-0.39, 0.29) is 29.8 Å². The standard InChI is InChI=1S/C21H24N2O3S/c1-14-3-2-4-15(11-14)12-23-13-21-6-5-16(26-21)17(18(21)20(23)25)19(24)22-7-9-27-10-8-22/h2-6,11,16-18H,7-10,12-13H2,1H3/t16-,17+,18+,21-/m0/s1. The van der Waals surface area contributed by atoms with Crippen LogP contribution in [0.3, 0.4) is 0 Å². The van der Waals surface area contributed by atoms with Crippen LogP contribution in [0.5, 0.6) is 0 Å². The van der Waals surface area contributed by atoms with E-state index in [1.54, 1.807) is 0 Å². The summed E-state index contributed by atoms with van der Waals surface area (Å²) in [5.41, 5.74) is 1.69. The fourth-order valence-corrected chi connectivity index (χ4v) is 5.92. The third-order valence-electron chi connectivity index (χ3n) is 6.24. The summed E-state index contributed by atoms with van der Waals surface area (Å²) >= 11 is 1.88. The summed E-state index contributed by atoms with van der Waals surface area (Å²) in [5.74, 6) is 1.37. The van der Waals surface area contributed by atoms with Crippen molar-refractivity contribution in [2.45, 2.75) is 25.2 Å². The third kappa shape index (κ3) is 2.72. The number of thioether (sulfide) groups is 1. The van der Waals surface area contributed by atoms with E-state index in [1.807, 2.05) is 45.8 Å². The van der Waals surface area contributed by atoms with E-state index in [0.717, 1.165) is 30.2 Å². The van der Waals surface area contributed by atoms with Gasteiger partial charge in [-0.25, -0.2) is 0 Å². The number of hydrogen-bond donors (Lipinski definition) is 0. The number of ether oxygens (including phenoxy) is 1. The second kappa shape index (κ2) is 6.38. The van der Waals surface area contributed by atoms with Gasteiger partial charge in [0, 0.05) is 31.1 Å². The number of carbonyl (C=O) groups excluding carboxylic acids is 2. The molecular weight excluding hydrogens is 360 g/mol. The van der Waals surface area contributed by atoms with Crippen LogP contribution >= 0.6 is 11.8 Å². The summed E-state index contributed by atoms with van der Waals surface area (Å²) in [6.07, 6.45) is 3.79. The number of carbonyl (C=O) groups is 2. The molecule has 5 nitrogen and oxygen atoms in total. The fraction of sp³-hybridized carbons (Fsp3) is 0.524. The van der Waals surface area contributed by atoms with E-state index in [4.69, 9.17) is 4.74 Å². The van der Waals surface area contributed by atoms with Crippen molar-refractivity contribution in [2.24, 2.45) is 11.8 Å². The minimum absolute atomic E-state index is 0.0630. The van der Waals surface area contributed by atoms with Crippen molar-refractivity contribution in [1.82, 2.24) is 9.80 Å². The Morgan fingerprint density at radius 1 is 1.33 bits per heavy atom. The van der Waals surface area contributed by atoms with Gasteiger partial charge in [0.1, 0.15) is 5.60 Å². The average molecular weight is 385 g/mol. The highest BCUT2D eigenvalue weighted by Crippen LogP contribution is 2.52. The molecule has 3 fully saturated rings. The van der Waals surface area contributed by atoms with Crippen LogP contribution in [0.4, 0.5) is 0 Å². The molecule has 0 aromatic heterocycles. The molecule has 0 unspecified atom stereocenters. The van der Waals surface area contributed by atoms with Crippen molar-refractivity contribution in [1.29, 1.82) is 0 Å². The van der Waals surface area contributed by atoms with Gasteiger partial charge in [0.15, 0.2) is 0 Å². The molecule has 0 saturated carbocycles. The molecule has 3 saturated heterocycles. The summed E-state index contributed by atoms with van der Waals surface area (Å²) in [7, 11) is 0. The largest absolute Gasteiger partial charge is 0.360 e. The summed E-state index contributed by atoms with van der Waals surface area (Å²) in [6, 6.07) is 8.24. The number of nitrogens with zero attached hydrogens (tertiary/aromatic N) is 2. The van der Waals surface area contributed by atoms with Crippen LogP contribution in [-0.4, -0.2) is 64.5 Å². The Kier molecular flexibility index (Phi) is 4.09. The molecule has 27 heavy (non-hydrogen) atoms. The second-order valence-corrected chi connectivity index (χ2v) is 9.25. The van der Waals surface area contributed by atoms with E-state index < -0.39 is 5.60 Å². The Labute approximate surface area is 163 Å². The molecule has 142 valence electrons. The number of likely N-dealkylation sites (tertiary alicyclic amines) is 1. The quantitative estimate of drug-likeness (QED) is 0.747. The van der Waals surface area contributed by atoms with Crippen molar-refractivity contribution < 1.29 is 14.3 Å². The smallest absolute Gasteiger partial charge is 0.230 e. The van der Waals surface area contributed by atoms with Gasteiger partial charge in [-0.1, -0.05) is 42.0 Å².